The lowest BCUT2D eigenvalue weighted by Crippen LogP contribution is -2.14. The monoisotopic (exact) mass is 585 g/mol. The number of carbonyl (C=O) groups is 1. The molecule has 0 saturated heterocycles. The second kappa shape index (κ2) is 14.4. The number of nitrogens with zero attached hydrogens (tertiary/aromatic N) is 3. The van der Waals surface area contributed by atoms with Crippen molar-refractivity contribution < 1.29 is 31.6 Å². The van der Waals surface area contributed by atoms with Gasteiger partial charge in [-0.15, -0.1) is 0 Å². The molecule has 0 bridgehead atoms. The van der Waals surface area contributed by atoms with Gasteiger partial charge in [-0.25, -0.2) is 14.4 Å². The van der Waals surface area contributed by atoms with Crippen LogP contribution in [-0.2, 0) is 16.1 Å². The smallest absolute Gasteiger partial charge is 0.248 e. The molecule has 4 rings (SSSR count). The summed E-state index contributed by atoms with van der Waals surface area (Å²) >= 11 is 6.47. The number of nitrogens with one attached hydrogen (secondary N) is 2. The van der Waals surface area contributed by atoms with E-state index in [9.17, 15) is 9.18 Å². The zero-order chi connectivity index (χ0) is 34.2. The Kier molecular flexibility index (Phi) is 7.88. The highest BCUT2D eigenvalue weighted by molar-refractivity contribution is 6.32. The van der Waals surface area contributed by atoms with E-state index in [2.05, 4.69) is 20.6 Å². The van der Waals surface area contributed by atoms with Gasteiger partial charge in [-0.3, -0.25) is 4.79 Å². The molecule has 0 fully saturated rings. The number of ether oxygens (including phenoxy) is 3. The SMILES string of the molecule is [2H]C([2H])([2H])N(CC=CC(=O)Nc1cc2c(Nc3ccc(OCc4cccc(F)c4)c(Cl)c3)ncnc2cc1OCCOC)C([2H])([2H])[2H]. The maximum absolute atomic E-state index is 13.5. The van der Waals surface area contributed by atoms with E-state index >= 15 is 0 Å². The molecule has 4 aromatic rings. The van der Waals surface area contributed by atoms with Gasteiger partial charge < -0.3 is 29.7 Å². The topological polar surface area (TPSA) is 97.8 Å². The van der Waals surface area contributed by atoms with Crippen LogP contribution in [0.4, 0.5) is 21.6 Å². The number of anilines is 3. The molecule has 0 radical (unpaired) electrons. The van der Waals surface area contributed by atoms with Gasteiger partial charge in [0.15, 0.2) is 0 Å². The Bertz CT molecular complexity index is 1730. The standard InChI is InChI=1S/C30H31ClFN5O4/c1-37(2)11-5-8-29(38)36-26-16-23-25(17-28(26)40-13-12-39-3)33-19-34-30(23)35-22-9-10-27(24(31)15-22)41-18-20-6-4-7-21(32)14-20/h4-10,14-17,19H,11-13,18H2,1-3H3,(H,36,38)(H,33,34,35)/i1D3,2D3. The van der Waals surface area contributed by atoms with Crippen LogP contribution < -0.4 is 20.1 Å². The first-order chi connectivity index (χ1) is 22.2. The molecule has 11 heteroatoms. The second-order valence-corrected chi connectivity index (χ2v) is 9.03. The summed E-state index contributed by atoms with van der Waals surface area (Å²) < 4.78 is 74.9. The van der Waals surface area contributed by atoms with Crippen LogP contribution in [0.5, 0.6) is 11.5 Å². The predicted octanol–water partition coefficient (Wildman–Crippen LogP) is 5.83. The van der Waals surface area contributed by atoms with E-state index in [4.69, 9.17) is 34.0 Å². The van der Waals surface area contributed by atoms with Crippen LogP contribution in [0.25, 0.3) is 10.9 Å². The van der Waals surface area contributed by atoms with Crippen LogP contribution in [-0.4, -0.2) is 61.6 Å². The Hall–Kier alpha value is -4.25. The number of hydrogen-bond acceptors (Lipinski definition) is 8. The molecule has 0 unspecified atom stereocenters. The molecule has 9 nitrogen and oxygen atoms in total. The van der Waals surface area contributed by atoms with Crippen molar-refractivity contribution in [2.45, 2.75) is 6.61 Å². The summed E-state index contributed by atoms with van der Waals surface area (Å²) in [4.78, 5) is 21.8. The van der Waals surface area contributed by atoms with Crippen molar-refractivity contribution in [1.82, 2.24) is 14.9 Å². The predicted molar refractivity (Wildman–Crippen MR) is 159 cm³/mol. The molecule has 214 valence electrons. The summed E-state index contributed by atoms with van der Waals surface area (Å²) in [7, 11) is 1.51. The van der Waals surface area contributed by atoms with E-state index in [0.29, 0.717) is 43.6 Å². The maximum atomic E-state index is 13.5. The van der Waals surface area contributed by atoms with E-state index in [-0.39, 0.29) is 37.1 Å². The summed E-state index contributed by atoms with van der Waals surface area (Å²) in [6.45, 7) is -5.75. The number of hydrogen-bond donors (Lipinski definition) is 2. The molecule has 2 N–H and O–H groups in total. The van der Waals surface area contributed by atoms with Crippen molar-refractivity contribution in [1.29, 1.82) is 0 Å². The molecular weight excluding hydrogens is 549 g/mol. The van der Waals surface area contributed by atoms with Gasteiger partial charge in [-0.1, -0.05) is 29.8 Å². The quantitative estimate of drug-likeness (QED) is 0.149. The summed E-state index contributed by atoms with van der Waals surface area (Å²) in [6, 6.07) is 14.3. The first kappa shape index (κ1) is 22.4. The van der Waals surface area contributed by atoms with Gasteiger partial charge in [-0.2, -0.15) is 0 Å². The van der Waals surface area contributed by atoms with Crippen molar-refractivity contribution >= 4 is 45.6 Å². The number of amides is 1. The Labute approximate surface area is 251 Å². The van der Waals surface area contributed by atoms with Crippen molar-refractivity contribution in [2.24, 2.45) is 0 Å². The Balaban J connectivity index is 1.56. The van der Waals surface area contributed by atoms with Crippen LogP contribution in [0.1, 0.15) is 13.8 Å². The third kappa shape index (κ3) is 8.62. The van der Waals surface area contributed by atoms with Gasteiger partial charge in [0.05, 0.1) is 22.8 Å². The van der Waals surface area contributed by atoms with E-state index in [1.165, 1.54) is 25.6 Å². The van der Waals surface area contributed by atoms with Crippen LogP contribution in [0, 0.1) is 5.82 Å². The number of benzene rings is 3. The van der Waals surface area contributed by atoms with Crippen LogP contribution in [0.3, 0.4) is 0 Å². The van der Waals surface area contributed by atoms with Gasteiger partial charge in [0, 0.05) is 45.1 Å². The van der Waals surface area contributed by atoms with Crippen LogP contribution >= 0.6 is 11.6 Å². The van der Waals surface area contributed by atoms with E-state index in [0.717, 1.165) is 12.2 Å². The van der Waals surface area contributed by atoms with Gasteiger partial charge in [0.25, 0.3) is 0 Å². The molecule has 0 atom stereocenters. The first-order valence-electron chi connectivity index (χ1n) is 15.3. The van der Waals surface area contributed by atoms with E-state index in [1.54, 1.807) is 42.5 Å². The van der Waals surface area contributed by atoms with Gasteiger partial charge in [-0.05, 0) is 55.9 Å². The highest BCUT2D eigenvalue weighted by atomic mass is 35.5. The molecule has 1 amide bonds. The van der Waals surface area contributed by atoms with Crippen molar-refractivity contribution in [3.05, 3.63) is 89.5 Å². The van der Waals surface area contributed by atoms with Gasteiger partial charge in [0.1, 0.15) is 42.7 Å². The highest BCUT2D eigenvalue weighted by Gasteiger charge is 2.14. The van der Waals surface area contributed by atoms with E-state index < -0.39 is 26.4 Å². The minimum Gasteiger partial charge on any atom is -0.489 e. The lowest BCUT2D eigenvalue weighted by atomic mass is 10.1. The molecule has 0 aliphatic carbocycles. The average molecular weight is 586 g/mol. The fourth-order valence-electron chi connectivity index (χ4n) is 3.70. The Morgan fingerprint density at radius 1 is 1.10 bits per heavy atom. The zero-order valence-corrected chi connectivity index (χ0v) is 22.7. The molecule has 0 saturated carbocycles. The number of aromatic nitrogens is 2. The molecule has 3 aromatic carbocycles. The third-order valence-electron chi connectivity index (χ3n) is 5.57. The Morgan fingerprint density at radius 3 is 2.76 bits per heavy atom. The Morgan fingerprint density at radius 2 is 1.98 bits per heavy atom. The first-order valence-corrected chi connectivity index (χ1v) is 12.7. The van der Waals surface area contributed by atoms with Crippen LogP contribution in [0.15, 0.2) is 73.1 Å². The summed E-state index contributed by atoms with van der Waals surface area (Å²) in [5, 5.41) is 6.67. The number of rotatable bonds is 13. The molecule has 1 heterocycles. The van der Waals surface area contributed by atoms with Crippen molar-refractivity contribution in [3.8, 4) is 11.5 Å². The van der Waals surface area contributed by atoms with Crippen molar-refractivity contribution in [2.75, 3.05) is 51.5 Å². The molecule has 0 aliphatic heterocycles. The third-order valence-corrected chi connectivity index (χ3v) is 5.87. The largest absolute Gasteiger partial charge is 0.489 e. The number of likely N-dealkylation sites (N-methyl/N-ethyl adjacent to an activating group) is 1. The lowest BCUT2D eigenvalue weighted by molar-refractivity contribution is -0.111. The van der Waals surface area contributed by atoms with Crippen molar-refractivity contribution in [3.63, 3.8) is 0 Å². The van der Waals surface area contributed by atoms with Gasteiger partial charge in [0.2, 0.25) is 5.91 Å². The lowest BCUT2D eigenvalue weighted by Gasteiger charge is -2.15. The molecule has 1 aromatic heterocycles. The number of methoxy groups -OCH3 is 1. The van der Waals surface area contributed by atoms with Crippen LogP contribution in [0.2, 0.25) is 5.02 Å². The normalized spacial score (nSPS) is 14.0. The second-order valence-electron chi connectivity index (χ2n) is 8.62. The average Bonchev–Trinajstić information content (AvgIpc) is 2.98. The fourth-order valence-corrected chi connectivity index (χ4v) is 3.93. The summed E-state index contributed by atoms with van der Waals surface area (Å²) in [5.41, 5.74) is 1.93. The molecular formula is C30H31ClFN5O4. The van der Waals surface area contributed by atoms with E-state index in [1.807, 2.05) is 0 Å². The highest BCUT2D eigenvalue weighted by Crippen LogP contribution is 2.35. The summed E-state index contributed by atoms with van der Waals surface area (Å²) in [5.74, 6) is 0.0140. The van der Waals surface area contributed by atoms with Gasteiger partial charge >= 0.3 is 0 Å². The minimum atomic E-state index is -2.89. The molecule has 0 aliphatic rings. The maximum Gasteiger partial charge on any atom is 0.248 e. The molecule has 41 heavy (non-hydrogen) atoms. The number of fused-ring (bicyclic) bond motifs is 1. The number of carbonyl (C=O) groups excluding carboxylic acids is 1. The molecule has 0 spiro atoms. The summed E-state index contributed by atoms with van der Waals surface area (Å²) in [6.07, 6.45) is 3.53. The minimum absolute atomic E-state index is 0.121. The fraction of sp³-hybridized carbons (Fsp3) is 0.233. The number of halogens is 2. The zero-order valence-electron chi connectivity index (χ0n) is 28.0.